The maximum absolute atomic E-state index is 12.9. The quantitative estimate of drug-likeness (QED) is 0.634. The molecule has 132 valence electrons. The molecule has 1 aromatic heterocycles. The predicted octanol–water partition coefficient (Wildman–Crippen LogP) is 4.54. The molecule has 1 amide bonds. The Labute approximate surface area is 166 Å². The topological polar surface area (TPSA) is 70.5 Å². The number of amides is 1. The van der Waals surface area contributed by atoms with Gasteiger partial charge in [-0.05, 0) is 40.2 Å². The Bertz CT molecular complexity index is 1020. The summed E-state index contributed by atoms with van der Waals surface area (Å²) in [6, 6.07) is 13.4. The van der Waals surface area contributed by atoms with Crippen LogP contribution >= 0.6 is 39.0 Å². The van der Waals surface area contributed by atoms with Crippen LogP contribution in [0.2, 0.25) is 0 Å². The van der Waals surface area contributed by atoms with Crippen LogP contribution < -0.4 is 4.90 Å². The van der Waals surface area contributed by atoms with Gasteiger partial charge in [-0.2, -0.15) is 0 Å². The fourth-order valence-electron chi connectivity index (χ4n) is 2.89. The maximum atomic E-state index is 12.9. The van der Waals surface area contributed by atoms with Gasteiger partial charge in [0, 0.05) is 9.37 Å². The molecule has 1 N–H and O–H groups in total. The Morgan fingerprint density at radius 1 is 1.23 bits per heavy atom. The summed E-state index contributed by atoms with van der Waals surface area (Å²) in [5, 5.41) is 9.33. The first-order valence-corrected chi connectivity index (χ1v) is 10.3. The van der Waals surface area contributed by atoms with Crippen molar-refractivity contribution in [3.05, 3.63) is 51.9 Å². The van der Waals surface area contributed by atoms with Crippen molar-refractivity contribution in [2.24, 2.45) is 0 Å². The minimum atomic E-state index is -0.973. The second-order valence-electron chi connectivity index (χ2n) is 5.79. The number of hydrogen-bond donors (Lipinski definition) is 1. The summed E-state index contributed by atoms with van der Waals surface area (Å²) >= 11 is 6.38. The highest BCUT2D eigenvalue weighted by Gasteiger charge is 2.35. The number of carbonyl (C=O) groups is 2. The Morgan fingerprint density at radius 3 is 2.81 bits per heavy atom. The lowest BCUT2D eigenvalue weighted by atomic mass is 10.2. The first kappa shape index (κ1) is 17.5. The van der Waals surface area contributed by atoms with E-state index in [1.807, 2.05) is 42.5 Å². The van der Waals surface area contributed by atoms with E-state index in [1.54, 1.807) is 4.90 Å². The molecule has 1 aliphatic heterocycles. The summed E-state index contributed by atoms with van der Waals surface area (Å²) in [5.74, 6) is -1.16. The average Bonchev–Trinajstić information content (AvgIpc) is 3.02. The van der Waals surface area contributed by atoms with E-state index in [1.165, 1.54) is 23.1 Å². The molecule has 1 unspecified atom stereocenters. The molecule has 0 spiro atoms. The fourth-order valence-corrected chi connectivity index (χ4v) is 5.66. The van der Waals surface area contributed by atoms with E-state index in [0.29, 0.717) is 6.54 Å². The second kappa shape index (κ2) is 7.02. The molecule has 2 heterocycles. The van der Waals surface area contributed by atoms with Gasteiger partial charge in [0.2, 0.25) is 5.91 Å². The van der Waals surface area contributed by atoms with Crippen LogP contribution in [0.3, 0.4) is 0 Å². The van der Waals surface area contributed by atoms with E-state index >= 15 is 0 Å². The number of halogens is 1. The molecular formula is C18H13BrN2O3S2. The molecule has 3 aromatic rings. The Kier molecular flexibility index (Phi) is 4.73. The van der Waals surface area contributed by atoms with Gasteiger partial charge in [0.25, 0.3) is 0 Å². The van der Waals surface area contributed by atoms with E-state index in [-0.39, 0.29) is 12.3 Å². The number of nitrogens with zero attached hydrogens (tertiary/aromatic N) is 2. The number of thioether (sulfide) groups is 1. The number of hydrogen-bond acceptors (Lipinski definition) is 5. The molecule has 0 fully saturated rings. The zero-order chi connectivity index (χ0) is 18.3. The Hall–Kier alpha value is -1.90. The van der Waals surface area contributed by atoms with Crippen molar-refractivity contribution in [1.29, 1.82) is 0 Å². The number of carboxylic acids is 1. The third kappa shape index (κ3) is 3.24. The van der Waals surface area contributed by atoms with Gasteiger partial charge in [-0.25, -0.2) is 4.98 Å². The molecule has 0 saturated heterocycles. The van der Waals surface area contributed by atoms with E-state index < -0.39 is 11.2 Å². The van der Waals surface area contributed by atoms with Gasteiger partial charge >= 0.3 is 5.97 Å². The van der Waals surface area contributed by atoms with Crippen molar-refractivity contribution < 1.29 is 14.7 Å². The van der Waals surface area contributed by atoms with Crippen molar-refractivity contribution in [1.82, 2.24) is 4.98 Å². The number of rotatable bonds is 4. The molecule has 1 aliphatic rings. The summed E-state index contributed by atoms with van der Waals surface area (Å²) in [5.41, 5.74) is 1.69. The summed E-state index contributed by atoms with van der Waals surface area (Å²) in [6.45, 7) is 0.332. The predicted molar refractivity (Wildman–Crippen MR) is 107 cm³/mol. The molecule has 0 bridgehead atoms. The number of carbonyl (C=O) groups excluding carboxylic acids is 1. The van der Waals surface area contributed by atoms with Crippen LogP contribution in [0.5, 0.6) is 0 Å². The number of fused-ring (bicyclic) bond motifs is 2. The van der Waals surface area contributed by atoms with Gasteiger partial charge in [-0.3, -0.25) is 9.59 Å². The fraction of sp³-hybridized carbons (Fsp3) is 0.167. The number of anilines is 1. The summed E-state index contributed by atoms with van der Waals surface area (Å²) in [4.78, 5) is 31.3. The van der Waals surface area contributed by atoms with E-state index in [9.17, 15) is 9.59 Å². The van der Waals surface area contributed by atoms with Crippen LogP contribution in [0.15, 0.2) is 51.8 Å². The number of carboxylic acid groups (broad SMARTS) is 1. The monoisotopic (exact) mass is 448 g/mol. The smallest absolute Gasteiger partial charge is 0.305 e. The largest absolute Gasteiger partial charge is 0.481 e. The van der Waals surface area contributed by atoms with Crippen LogP contribution in [0.1, 0.15) is 11.4 Å². The second-order valence-corrected chi connectivity index (χ2v) is 8.97. The minimum absolute atomic E-state index is 0.186. The first-order valence-electron chi connectivity index (χ1n) is 7.85. The Morgan fingerprint density at radius 2 is 2.04 bits per heavy atom. The minimum Gasteiger partial charge on any atom is -0.481 e. The van der Waals surface area contributed by atoms with Crippen molar-refractivity contribution in [3.63, 3.8) is 0 Å². The molecular weight excluding hydrogens is 436 g/mol. The highest BCUT2D eigenvalue weighted by atomic mass is 79.9. The highest BCUT2D eigenvalue weighted by molar-refractivity contribution is 9.10. The normalized spacial score (nSPS) is 16.7. The number of aliphatic carboxylic acids is 1. The van der Waals surface area contributed by atoms with Crippen molar-refractivity contribution >= 4 is 66.8 Å². The number of aromatic nitrogens is 1. The van der Waals surface area contributed by atoms with Gasteiger partial charge in [0.15, 0.2) is 0 Å². The van der Waals surface area contributed by atoms with Crippen LogP contribution in [0.25, 0.3) is 10.2 Å². The van der Waals surface area contributed by atoms with E-state index in [4.69, 9.17) is 5.11 Å². The molecule has 4 rings (SSSR count). The highest BCUT2D eigenvalue weighted by Crippen LogP contribution is 2.41. The molecule has 0 saturated carbocycles. The lowest BCUT2D eigenvalue weighted by Crippen LogP contribution is -2.41. The number of benzene rings is 2. The van der Waals surface area contributed by atoms with Crippen LogP contribution in [-0.4, -0.2) is 27.2 Å². The average molecular weight is 449 g/mol. The third-order valence-corrected chi connectivity index (χ3v) is 7.30. The molecule has 2 aromatic carbocycles. The van der Waals surface area contributed by atoms with Crippen LogP contribution in [0.4, 0.5) is 5.69 Å². The zero-order valence-corrected chi connectivity index (χ0v) is 16.6. The number of para-hydroxylation sites is 1. The molecule has 8 heteroatoms. The van der Waals surface area contributed by atoms with Crippen molar-refractivity contribution in [2.75, 3.05) is 4.90 Å². The van der Waals surface area contributed by atoms with Gasteiger partial charge in [0.1, 0.15) is 5.01 Å². The lowest BCUT2D eigenvalue weighted by molar-refractivity contribution is -0.138. The molecule has 0 aliphatic carbocycles. The standard InChI is InChI=1S/C18H13BrN2O3S2/c19-10-4-3-5-11-17(10)26-15(20-11)9-21-12-6-1-2-7-13(12)25-14(18(21)24)8-16(22)23/h1-7,14H,8-9H2,(H,22,23). The maximum Gasteiger partial charge on any atom is 0.305 e. The number of thiazole rings is 1. The Balaban J connectivity index is 1.71. The van der Waals surface area contributed by atoms with Crippen molar-refractivity contribution in [3.8, 4) is 0 Å². The van der Waals surface area contributed by atoms with Crippen molar-refractivity contribution in [2.45, 2.75) is 23.1 Å². The van der Waals surface area contributed by atoms with Gasteiger partial charge in [-0.1, -0.05) is 18.2 Å². The molecule has 5 nitrogen and oxygen atoms in total. The van der Waals surface area contributed by atoms with Crippen LogP contribution in [0, 0.1) is 0 Å². The lowest BCUT2D eigenvalue weighted by Gasteiger charge is -2.32. The molecule has 1 atom stereocenters. The first-order chi connectivity index (χ1) is 12.5. The molecule has 26 heavy (non-hydrogen) atoms. The van der Waals surface area contributed by atoms with E-state index in [2.05, 4.69) is 20.9 Å². The SMILES string of the molecule is O=C(O)CC1Sc2ccccc2N(Cc2nc3cccc(Br)c3s2)C1=O. The summed E-state index contributed by atoms with van der Waals surface area (Å²) in [6.07, 6.45) is -0.195. The third-order valence-electron chi connectivity index (χ3n) is 4.03. The van der Waals surface area contributed by atoms with Gasteiger partial charge in [0.05, 0.1) is 34.1 Å². The van der Waals surface area contributed by atoms with Gasteiger partial charge in [-0.15, -0.1) is 23.1 Å². The molecule has 0 radical (unpaired) electrons. The van der Waals surface area contributed by atoms with Crippen LogP contribution in [-0.2, 0) is 16.1 Å². The zero-order valence-electron chi connectivity index (χ0n) is 13.4. The summed E-state index contributed by atoms with van der Waals surface area (Å²) in [7, 11) is 0. The summed E-state index contributed by atoms with van der Waals surface area (Å²) < 4.78 is 2.01. The van der Waals surface area contributed by atoms with Gasteiger partial charge < -0.3 is 10.0 Å². The van der Waals surface area contributed by atoms with E-state index in [0.717, 1.165) is 30.3 Å².